The van der Waals surface area contributed by atoms with Gasteiger partial charge in [-0.15, -0.1) is 0 Å². The van der Waals surface area contributed by atoms with E-state index in [4.69, 9.17) is 4.74 Å². The second kappa shape index (κ2) is 9.69. The van der Waals surface area contributed by atoms with Crippen LogP contribution in [-0.2, 0) is 30.8 Å². The maximum atomic E-state index is 12.8. The van der Waals surface area contributed by atoms with Crippen molar-refractivity contribution in [3.05, 3.63) is 71.1 Å². The van der Waals surface area contributed by atoms with E-state index < -0.39 is 28.6 Å². The number of esters is 1. The third-order valence-electron chi connectivity index (χ3n) is 4.69. The van der Waals surface area contributed by atoms with Gasteiger partial charge in [-0.25, -0.2) is 13.1 Å². The minimum atomic E-state index is -3.82. The van der Waals surface area contributed by atoms with Crippen LogP contribution in [-0.4, -0.2) is 39.5 Å². The Morgan fingerprint density at radius 1 is 1.13 bits per heavy atom. The maximum absolute atomic E-state index is 12.8. The number of para-hydroxylation sites is 1. The SMILES string of the molecule is CC(OC(=O)CNS(=O)(=O)/C=C/c1ccccc1)C(=O)N1CCCc2ccccc21. The number of benzene rings is 2. The average molecular weight is 429 g/mol. The van der Waals surface area contributed by atoms with E-state index in [1.807, 2.05) is 30.3 Å². The summed E-state index contributed by atoms with van der Waals surface area (Å²) in [5.74, 6) is -1.15. The van der Waals surface area contributed by atoms with Crippen molar-refractivity contribution >= 4 is 33.7 Å². The number of fused-ring (bicyclic) bond motifs is 1. The molecule has 1 unspecified atom stereocenters. The third kappa shape index (κ3) is 5.77. The number of sulfonamides is 1. The molecule has 0 bridgehead atoms. The summed E-state index contributed by atoms with van der Waals surface area (Å²) in [6, 6.07) is 16.5. The van der Waals surface area contributed by atoms with Crippen LogP contribution >= 0.6 is 0 Å². The first-order valence-electron chi connectivity index (χ1n) is 9.67. The van der Waals surface area contributed by atoms with Crippen LogP contribution in [0.3, 0.4) is 0 Å². The minimum Gasteiger partial charge on any atom is -0.452 e. The summed E-state index contributed by atoms with van der Waals surface area (Å²) in [5.41, 5.74) is 2.61. The number of aryl methyl sites for hydroxylation is 1. The number of ether oxygens (including phenoxy) is 1. The van der Waals surface area contributed by atoms with Crippen LogP contribution in [0.1, 0.15) is 24.5 Å². The fourth-order valence-corrected chi connectivity index (χ4v) is 3.96. The molecule has 0 radical (unpaired) electrons. The summed E-state index contributed by atoms with van der Waals surface area (Å²) in [6.07, 6.45) is 2.13. The number of carbonyl (C=O) groups is 2. The van der Waals surface area contributed by atoms with Gasteiger partial charge in [0, 0.05) is 17.6 Å². The van der Waals surface area contributed by atoms with Gasteiger partial charge in [0.1, 0.15) is 6.54 Å². The molecule has 0 fully saturated rings. The van der Waals surface area contributed by atoms with Gasteiger partial charge in [-0.05, 0) is 43.0 Å². The van der Waals surface area contributed by atoms with E-state index in [9.17, 15) is 18.0 Å². The van der Waals surface area contributed by atoms with Gasteiger partial charge in [0.05, 0.1) is 0 Å². The Balaban J connectivity index is 1.53. The van der Waals surface area contributed by atoms with E-state index in [2.05, 4.69) is 4.72 Å². The molecule has 0 spiro atoms. The zero-order valence-electron chi connectivity index (χ0n) is 16.7. The van der Waals surface area contributed by atoms with Crippen LogP contribution in [0.2, 0.25) is 0 Å². The van der Waals surface area contributed by atoms with Gasteiger partial charge in [0.2, 0.25) is 10.0 Å². The molecule has 0 saturated heterocycles. The zero-order valence-corrected chi connectivity index (χ0v) is 17.5. The average Bonchev–Trinajstić information content (AvgIpc) is 2.76. The number of carbonyl (C=O) groups excluding carboxylic acids is 2. The molecule has 8 heteroatoms. The Morgan fingerprint density at radius 2 is 1.83 bits per heavy atom. The topological polar surface area (TPSA) is 92.8 Å². The first-order chi connectivity index (χ1) is 14.4. The Bertz CT molecular complexity index is 1030. The third-order valence-corrected chi connectivity index (χ3v) is 5.73. The van der Waals surface area contributed by atoms with Crippen LogP contribution in [0, 0.1) is 0 Å². The first-order valence-corrected chi connectivity index (χ1v) is 11.2. The minimum absolute atomic E-state index is 0.331. The second-order valence-electron chi connectivity index (χ2n) is 6.93. The van der Waals surface area contributed by atoms with E-state index in [0.717, 1.165) is 29.5 Å². The van der Waals surface area contributed by atoms with Crippen LogP contribution in [0.25, 0.3) is 6.08 Å². The van der Waals surface area contributed by atoms with E-state index in [0.29, 0.717) is 12.1 Å². The van der Waals surface area contributed by atoms with Crippen molar-refractivity contribution in [2.75, 3.05) is 18.0 Å². The molecule has 2 aromatic carbocycles. The summed E-state index contributed by atoms with van der Waals surface area (Å²) >= 11 is 0. The van der Waals surface area contributed by atoms with E-state index in [1.54, 1.807) is 29.2 Å². The smallest absolute Gasteiger partial charge is 0.321 e. The Morgan fingerprint density at radius 3 is 2.60 bits per heavy atom. The van der Waals surface area contributed by atoms with Gasteiger partial charge in [-0.2, -0.15) is 0 Å². The van der Waals surface area contributed by atoms with Crippen LogP contribution < -0.4 is 9.62 Å². The lowest BCUT2D eigenvalue weighted by Crippen LogP contribution is -2.43. The van der Waals surface area contributed by atoms with Gasteiger partial charge in [-0.1, -0.05) is 48.5 Å². The van der Waals surface area contributed by atoms with Crippen molar-refractivity contribution in [3.8, 4) is 0 Å². The molecule has 2 aromatic rings. The predicted octanol–water partition coefficient (Wildman–Crippen LogP) is 2.49. The standard InChI is InChI=1S/C22H24N2O5S/c1-17(22(26)24-14-7-11-19-10-5-6-12-20(19)24)29-21(25)16-23-30(27,28)15-13-18-8-3-2-4-9-18/h2-6,8-10,12-13,15,17,23H,7,11,14,16H2,1H3/b15-13+. The molecule has 0 aliphatic carbocycles. The first kappa shape index (κ1) is 21.7. The number of hydrogen-bond donors (Lipinski definition) is 1. The maximum Gasteiger partial charge on any atom is 0.321 e. The summed E-state index contributed by atoms with van der Waals surface area (Å²) in [6.45, 7) is 1.48. The van der Waals surface area contributed by atoms with E-state index >= 15 is 0 Å². The highest BCUT2D eigenvalue weighted by molar-refractivity contribution is 7.92. The lowest BCUT2D eigenvalue weighted by Gasteiger charge is -2.31. The molecule has 0 saturated carbocycles. The van der Waals surface area contributed by atoms with Crippen LogP contribution in [0.15, 0.2) is 60.0 Å². The predicted molar refractivity (Wildman–Crippen MR) is 115 cm³/mol. The Hall–Kier alpha value is -2.97. The number of rotatable bonds is 7. The van der Waals surface area contributed by atoms with Crippen molar-refractivity contribution < 1.29 is 22.7 Å². The lowest BCUT2D eigenvalue weighted by atomic mass is 10.0. The Kier molecular flexibility index (Phi) is 7.02. The number of nitrogens with zero attached hydrogens (tertiary/aromatic N) is 1. The molecule has 7 nitrogen and oxygen atoms in total. The summed E-state index contributed by atoms with van der Waals surface area (Å²) < 4.78 is 31.4. The highest BCUT2D eigenvalue weighted by atomic mass is 32.2. The van der Waals surface area contributed by atoms with Crippen molar-refractivity contribution in [2.24, 2.45) is 0 Å². The Labute approximate surface area is 176 Å². The molecule has 1 atom stereocenters. The molecule has 1 amide bonds. The number of anilines is 1. The normalized spacial score (nSPS) is 14.9. The summed E-state index contributed by atoms with van der Waals surface area (Å²) in [5, 5.41) is 0.981. The zero-order chi connectivity index (χ0) is 21.6. The summed E-state index contributed by atoms with van der Waals surface area (Å²) in [7, 11) is -3.82. The molecule has 1 aliphatic heterocycles. The molecule has 158 valence electrons. The number of nitrogens with one attached hydrogen (secondary N) is 1. The van der Waals surface area contributed by atoms with Crippen molar-refractivity contribution in [2.45, 2.75) is 25.9 Å². The van der Waals surface area contributed by atoms with Crippen molar-refractivity contribution in [3.63, 3.8) is 0 Å². The van der Waals surface area contributed by atoms with Gasteiger partial charge in [0.15, 0.2) is 6.10 Å². The quantitative estimate of drug-likeness (QED) is 0.684. The highest BCUT2D eigenvalue weighted by Gasteiger charge is 2.28. The molecule has 30 heavy (non-hydrogen) atoms. The molecular weight excluding hydrogens is 404 g/mol. The molecular formula is C22H24N2O5S. The van der Waals surface area contributed by atoms with Crippen molar-refractivity contribution in [1.29, 1.82) is 0 Å². The monoisotopic (exact) mass is 428 g/mol. The van der Waals surface area contributed by atoms with Gasteiger partial charge in [0.25, 0.3) is 5.91 Å². The second-order valence-corrected chi connectivity index (χ2v) is 8.58. The van der Waals surface area contributed by atoms with E-state index in [-0.39, 0.29) is 5.91 Å². The fourth-order valence-electron chi connectivity index (χ4n) is 3.21. The van der Waals surface area contributed by atoms with Gasteiger partial charge < -0.3 is 9.64 Å². The van der Waals surface area contributed by atoms with Gasteiger partial charge >= 0.3 is 5.97 Å². The van der Waals surface area contributed by atoms with E-state index in [1.165, 1.54) is 13.0 Å². The molecule has 0 aromatic heterocycles. The lowest BCUT2D eigenvalue weighted by molar-refractivity contribution is -0.152. The number of amides is 1. The van der Waals surface area contributed by atoms with Crippen LogP contribution in [0.5, 0.6) is 0 Å². The largest absolute Gasteiger partial charge is 0.452 e. The molecule has 1 heterocycles. The molecule has 3 rings (SSSR count). The molecule has 1 N–H and O–H groups in total. The molecule has 1 aliphatic rings. The number of hydrogen-bond acceptors (Lipinski definition) is 5. The van der Waals surface area contributed by atoms with Crippen molar-refractivity contribution in [1.82, 2.24) is 4.72 Å². The summed E-state index contributed by atoms with van der Waals surface area (Å²) in [4.78, 5) is 26.4. The van der Waals surface area contributed by atoms with Gasteiger partial charge in [-0.3, -0.25) is 9.59 Å². The van der Waals surface area contributed by atoms with Crippen LogP contribution in [0.4, 0.5) is 5.69 Å². The fraction of sp³-hybridized carbons (Fsp3) is 0.273. The highest BCUT2D eigenvalue weighted by Crippen LogP contribution is 2.27.